The van der Waals surface area contributed by atoms with Crippen LogP contribution in [-0.4, -0.2) is 95.8 Å². The van der Waals surface area contributed by atoms with Gasteiger partial charge in [-0.15, -0.1) is 0 Å². The van der Waals surface area contributed by atoms with Crippen LogP contribution in [0, 0.1) is 10.8 Å². The zero-order chi connectivity index (χ0) is 21.5. The topological polar surface area (TPSA) is 77.1 Å². The van der Waals surface area contributed by atoms with Gasteiger partial charge < -0.3 is 19.6 Å². The largest absolute Gasteiger partial charge is 0.342 e. The van der Waals surface area contributed by atoms with Crippen LogP contribution in [0.5, 0.6) is 0 Å². The first-order valence-electron chi connectivity index (χ1n) is 10.8. The molecule has 0 saturated carbocycles. The Morgan fingerprint density at radius 2 is 1.80 bits per heavy atom. The molecule has 4 amide bonds. The summed E-state index contributed by atoms with van der Waals surface area (Å²) in [6.07, 6.45) is 3.87. The number of amides is 4. The number of hydrogen-bond acceptors (Lipinski definition) is 4. The van der Waals surface area contributed by atoms with Crippen LogP contribution < -0.4 is 0 Å². The lowest BCUT2D eigenvalue weighted by atomic mass is 9.60. The Morgan fingerprint density at radius 3 is 2.37 bits per heavy atom. The van der Waals surface area contributed by atoms with Crippen LogP contribution in [0.1, 0.15) is 36.7 Å². The zero-order valence-electron chi connectivity index (χ0n) is 18.1. The Bertz CT molecular complexity index is 834. The Kier molecular flexibility index (Phi) is 5.20. The van der Waals surface area contributed by atoms with E-state index in [2.05, 4.69) is 4.98 Å². The summed E-state index contributed by atoms with van der Waals surface area (Å²) in [6.45, 7) is 5.68. The van der Waals surface area contributed by atoms with Crippen molar-refractivity contribution in [1.82, 2.24) is 24.6 Å². The molecule has 0 N–H and O–H groups in total. The highest BCUT2D eigenvalue weighted by atomic mass is 16.2. The Balaban J connectivity index is 1.58. The molecule has 1 aromatic heterocycles. The number of aromatic nitrogens is 1. The lowest BCUT2D eigenvalue weighted by molar-refractivity contribution is -0.141. The Morgan fingerprint density at radius 1 is 1.07 bits per heavy atom. The van der Waals surface area contributed by atoms with Gasteiger partial charge in [-0.25, -0.2) is 4.79 Å². The van der Waals surface area contributed by atoms with Gasteiger partial charge >= 0.3 is 6.03 Å². The predicted octanol–water partition coefficient (Wildman–Crippen LogP) is 1.54. The van der Waals surface area contributed by atoms with Gasteiger partial charge in [0.25, 0.3) is 5.91 Å². The smallest absolute Gasteiger partial charge is 0.319 e. The normalized spacial score (nSPS) is 25.4. The van der Waals surface area contributed by atoms with Crippen molar-refractivity contribution < 1.29 is 14.4 Å². The first kappa shape index (κ1) is 20.6. The van der Waals surface area contributed by atoms with Crippen LogP contribution in [0.25, 0.3) is 0 Å². The summed E-state index contributed by atoms with van der Waals surface area (Å²) in [5.41, 5.74) is -0.358. The van der Waals surface area contributed by atoms with E-state index in [1.807, 2.05) is 27.7 Å². The van der Waals surface area contributed by atoms with Crippen LogP contribution in [0.4, 0.5) is 4.79 Å². The second-order valence-electron chi connectivity index (χ2n) is 9.04. The van der Waals surface area contributed by atoms with Crippen molar-refractivity contribution in [3.05, 3.63) is 30.1 Å². The first-order valence-corrected chi connectivity index (χ1v) is 10.8. The first-order chi connectivity index (χ1) is 14.3. The summed E-state index contributed by atoms with van der Waals surface area (Å²) in [5.74, 6) is 0.121. The van der Waals surface area contributed by atoms with Gasteiger partial charge in [0.05, 0.1) is 5.41 Å². The number of pyridine rings is 1. The summed E-state index contributed by atoms with van der Waals surface area (Å²) in [7, 11) is 3.51. The molecule has 4 rings (SSSR count). The van der Waals surface area contributed by atoms with Crippen LogP contribution in [0.3, 0.4) is 0 Å². The third-order valence-electron chi connectivity index (χ3n) is 7.40. The molecule has 0 bridgehead atoms. The number of carbonyl (C=O) groups excluding carboxylic acids is 3. The van der Waals surface area contributed by atoms with E-state index >= 15 is 0 Å². The van der Waals surface area contributed by atoms with E-state index in [1.54, 1.807) is 37.3 Å². The van der Waals surface area contributed by atoms with E-state index in [1.165, 1.54) is 0 Å². The van der Waals surface area contributed by atoms with E-state index in [9.17, 15) is 14.4 Å². The quantitative estimate of drug-likeness (QED) is 0.737. The van der Waals surface area contributed by atoms with Gasteiger partial charge in [-0.05, 0) is 38.3 Å². The molecule has 0 aliphatic carbocycles. The minimum absolute atomic E-state index is 0.0407. The van der Waals surface area contributed by atoms with E-state index < -0.39 is 5.41 Å². The van der Waals surface area contributed by atoms with Crippen LogP contribution in [-0.2, 0) is 4.79 Å². The average molecular weight is 414 g/mol. The SMILES string of the molecule is CCN1CCC2(CN(C(=O)N(C)C)CC23CCN(C(=O)c2ccccn2)CC3)C1=O. The fourth-order valence-corrected chi connectivity index (χ4v) is 5.69. The standard InChI is InChI=1S/C22H31N5O3/c1-4-25-14-10-22(19(25)29)16-27(20(30)24(2)3)15-21(22)8-12-26(13-9-21)18(28)17-7-5-6-11-23-17/h5-7,11H,4,8-10,12-16H2,1-3H3. The number of carbonyl (C=O) groups is 3. The van der Waals surface area contributed by atoms with Crippen LogP contribution >= 0.6 is 0 Å². The second-order valence-corrected chi connectivity index (χ2v) is 9.04. The van der Waals surface area contributed by atoms with Gasteiger partial charge in [-0.3, -0.25) is 14.6 Å². The molecule has 162 valence electrons. The number of fused-ring (bicyclic) bond motifs is 1. The highest BCUT2D eigenvalue weighted by Crippen LogP contribution is 2.58. The maximum Gasteiger partial charge on any atom is 0.319 e. The van der Waals surface area contributed by atoms with E-state index in [4.69, 9.17) is 0 Å². The van der Waals surface area contributed by atoms with Crippen molar-refractivity contribution in [1.29, 1.82) is 0 Å². The highest BCUT2D eigenvalue weighted by molar-refractivity contribution is 5.92. The summed E-state index contributed by atoms with van der Waals surface area (Å²) < 4.78 is 0. The maximum absolute atomic E-state index is 13.5. The molecule has 8 nitrogen and oxygen atoms in total. The van der Waals surface area contributed by atoms with Crippen LogP contribution in [0.15, 0.2) is 24.4 Å². The van der Waals surface area contributed by atoms with E-state index in [0.29, 0.717) is 38.4 Å². The van der Waals surface area contributed by atoms with Gasteiger partial charge in [0.1, 0.15) is 5.69 Å². The molecule has 8 heteroatoms. The molecule has 0 aromatic carbocycles. The fraction of sp³-hybridized carbons (Fsp3) is 0.636. The van der Waals surface area contributed by atoms with Crippen molar-refractivity contribution in [3.8, 4) is 0 Å². The Hall–Kier alpha value is -2.64. The van der Waals surface area contributed by atoms with Crippen molar-refractivity contribution >= 4 is 17.8 Å². The number of urea groups is 1. The lowest BCUT2D eigenvalue weighted by Gasteiger charge is -2.46. The second kappa shape index (κ2) is 7.56. The molecule has 1 aromatic rings. The predicted molar refractivity (Wildman–Crippen MR) is 112 cm³/mol. The summed E-state index contributed by atoms with van der Waals surface area (Å²) >= 11 is 0. The molecule has 1 atom stereocenters. The van der Waals surface area contributed by atoms with E-state index in [0.717, 1.165) is 25.8 Å². The molecular formula is C22H31N5O3. The molecule has 1 unspecified atom stereocenters. The monoisotopic (exact) mass is 413 g/mol. The van der Waals surface area contributed by atoms with Crippen LogP contribution in [0.2, 0.25) is 0 Å². The van der Waals surface area contributed by atoms with Crippen molar-refractivity contribution in [2.45, 2.75) is 26.2 Å². The molecule has 4 heterocycles. The van der Waals surface area contributed by atoms with Gasteiger partial charge in [0, 0.05) is 65.0 Å². The molecular weight excluding hydrogens is 382 g/mol. The number of piperidine rings is 1. The van der Waals surface area contributed by atoms with Crippen molar-refractivity contribution in [2.75, 3.05) is 53.4 Å². The number of nitrogens with zero attached hydrogens (tertiary/aromatic N) is 5. The molecule has 3 aliphatic rings. The molecule has 30 heavy (non-hydrogen) atoms. The van der Waals surface area contributed by atoms with Crippen molar-refractivity contribution in [3.63, 3.8) is 0 Å². The summed E-state index contributed by atoms with van der Waals surface area (Å²) in [5, 5.41) is 0. The number of rotatable bonds is 2. The van der Waals surface area contributed by atoms with Gasteiger partial charge in [0.2, 0.25) is 5.91 Å². The molecule has 3 aliphatic heterocycles. The maximum atomic E-state index is 13.5. The van der Waals surface area contributed by atoms with E-state index in [-0.39, 0.29) is 23.3 Å². The number of hydrogen-bond donors (Lipinski definition) is 0. The molecule has 2 spiro atoms. The van der Waals surface area contributed by atoms with Gasteiger partial charge in [0.15, 0.2) is 0 Å². The van der Waals surface area contributed by atoms with Gasteiger partial charge in [-0.1, -0.05) is 6.07 Å². The minimum Gasteiger partial charge on any atom is -0.342 e. The highest BCUT2D eigenvalue weighted by Gasteiger charge is 2.66. The lowest BCUT2D eigenvalue weighted by Crippen LogP contribution is -2.53. The Labute approximate surface area is 177 Å². The molecule has 0 radical (unpaired) electrons. The number of likely N-dealkylation sites (tertiary alicyclic amines) is 3. The van der Waals surface area contributed by atoms with Crippen molar-refractivity contribution in [2.24, 2.45) is 10.8 Å². The fourth-order valence-electron chi connectivity index (χ4n) is 5.69. The molecule has 3 fully saturated rings. The zero-order valence-corrected chi connectivity index (χ0v) is 18.1. The third kappa shape index (κ3) is 3.04. The minimum atomic E-state index is -0.533. The average Bonchev–Trinajstić information content (AvgIpc) is 3.26. The summed E-state index contributed by atoms with van der Waals surface area (Å²) in [4.78, 5) is 50.5. The van der Waals surface area contributed by atoms with Gasteiger partial charge in [-0.2, -0.15) is 0 Å². The summed E-state index contributed by atoms with van der Waals surface area (Å²) in [6, 6.07) is 5.31. The third-order valence-corrected chi connectivity index (χ3v) is 7.40. The molecule has 3 saturated heterocycles.